The zero-order valence-electron chi connectivity index (χ0n) is 12.2. The molecule has 1 saturated heterocycles. The molecule has 1 aliphatic rings. The van der Waals surface area contributed by atoms with Crippen LogP contribution in [0, 0.1) is 0 Å². The van der Waals surface area contributed by atoms with Crippen molar-refractivity contribution in [1.82, 2.24) is 9.88 Å². The Morgan fingerprint density at radius 1 is 1.42 bits per heavy atom. The third-order valence-corrected chi connectivity index (χ3v) is 3.76. The van der Waals surface area contributed by atoms with Gasteiger partial charge in [0, 0.05) is 31.6 Å². The molecule has 19 heavy (non-hydrogen) atoms. The Morgan fingerprint density at radius 3 is 3.05 bits per heavy atom. The summed E-state index contributed by atoms with van der Waals surface area (Å²) in [6, 6.07) is 4.87. The summed E-state index contributed by atoms with van der Waals surface area (Å²) in [5.41, 5.74) is 1.32. The van der Waals surface area contributed by atoms with E-state index >= 15 is 0 Å². The number of hydrogen-bond donors (Lipinski definition) is 0. The third kappa shape index (κ3) is 4.92. The zero-order valence-corrected chi connectivity index (χ0v) is 12.2. The minimum atomic E-state index is 0.343. The second-order valence-electron chi connectivity index (χ2n) is 5.69. The van der Waals surface area contributed by atoms with Gasteiger partial charge in [0.2, 0.25) is 0 Å². The van der Waals surface area contributed by atoms with Crippen molar-refractivity contribution < 1.29 is 4.74 Å². The summed E-state index contributed by atoms with van der Waals surface area (Å²) in [5, 5.41) is 0. The number of hydrogen-bond acceptors (Lipinski definition) is 3. The minimum absolute atomic E-state index is 0.343. The van der Waals surface area contributed by atoms with Gasteiger partial charge in [-0.1, -0.05) is 12.5 Å². The topological polar surface area (TPSA) is 25.4 Å². The monoisotopic (exact) mass is 262 g/mol. The number of likely N-dealkylation sites (tertiary alicyclic amines) is 1. The largest absolute Gasteiger partial charge is 0.379 e. The summed E-state index contributed by atoms with van der Waals surface area (Å²) in [6.45, 7) is 7.33. The van der Waals surface area contributed by atoms with Crippen molar-refractivity contribution in [2.45, 2.75) is 58.2 Å². The molecule has 1 aromatic rings. The van der Waals surface area contributed by atoms with E-state index in [0.717, 1.165) is 19.6 Å². The molecule has 0 unspecified atom stereocenters. The lowest BCUT2D eigenvalue weighted by molar-refractivity contribution is 0.0457. The van der Waals surface area contributed by atoms with Gasteiger partial charge in [-0.3, -0.25) is 9.88 Å². The predicted octanol–water partition coefficient (Wildman–Crippen LogP) is 3.25. The van der Waals surface area contributed by atoms with Gasteiger partial charge in [-0.2, -0.15) is 0 Å². The van der Waals surface area contributed by atoms with E-state index in [-0.39, 0.29) is 0 Å². The first-order chi connectivity index (χ1) is 9.25. The molecule has 1 atom stereocenters. The van der Waals surface area contributed by atoms with Crippen molar-refractivity contribution in [3.63, 3.8) is 0 Å². The molecule has 1 fully saturated rings. The lowest BCUT2D eigenvalue weighted by Crippen LogP contribution is -2.39. The normalized spacial score (nSPS) is 20.9. The van der Waals surface area contributed by atoms with E-state index in [4.69, 9.17) is 4.74 Å². The Kier molecular flexibility index (Phi) is 5.80. The van der Waals surface area contributed by atoms with Gasteiger partial charge in [0.15, 0.2) is 0 Å². The van der Waals surface area contributed by atoms with Crippen LogP contribution in [0.3, 0.4) is 0 Å². The number of aromatic nitrogens is 1. The number of nitrogens with zero attached hydrogens (tertiary/aromatic N) is 2. The van der Waals surface area contributed by atoms with Crippen molar-refractivity contribution in [2.24, 2.45) is 0 Å². The Balaban J connectivity index is 1.85. The van der Waals surface area contributed by atoms with Gasteiger partial charge in [0.05, 0.1) is 6.10 Å². The van der Waals surface area contributed by atoms with Crippen LogP contribution in [0.5, 0.6) is 0 Å². The molecule has 0 amide bonds. The van der Waals surface area contributed by atoms with Crippen molar-refractivity contribution >= 4 is 0 Å². The first kappa shape index (κ1) is 14.5. The number of rotatable bonds is 6. The molecular formula is C16H26N2O. The van der Waals surface area contributed by atoms with Gasteiger partial charge in [0.25, 0.3) is 0 Å². The zero-order chi connectivity index (χ0) is 13.5. The number of ether oxygens (including phenoxy) is 1. The van der Waals surface area contributed by atoms with E-state index < -0.39 is 0 Å². The second-order valence-corrected chi connectivity index (χ2v) is 5.69. The molecule has 3 nitrogen and oxygen atoms in total. The Morgan fingerprint density at radius 2 is 2.32 bits per heavy atom. The average molecular weight is 262 g/mol. The highest BCUT2D eigenvalue weighted by molar-refractivity contribution is 5.08. The highest BCUT2D eigenvalue weighted by Gasteiger charge is 2.22. The van der Waals surface area contributed by atoms with Crippen LogP contribution in [0.1, 0.15) is 45.1 Å². The van der Waals surface area contributed by atoms with E-state index in [2.05, 4.69) is 29.8 Å². The maximum atomic E-state index is 5.70. The summed E-state index contributed by atoms with van der Waals surface area (Å²) in [7, 11) is 0. The van der Waals surface area contributed by atoms with Crippen molar-refractivity contribution in [3.05, 3.63) is 30.1 Å². The summed E-state index contributed by atoms with van der Waals surface area (Å²) in [6.07, 6.45) is 9.30. The molecule has 0 aliphatic carbocycles. The maximum absolute atomic E-state index is 5.70. The van der Waals surface area contributed by atoms with E-state index in [9.17, 15) is 0 Å². The van der Waals surface area contributed by atoms with Crippen LogP contribution < -0.4 is 0 Å². The van der Waals surface area contributed by atoms with Gasteiger partial charge in [-0.05, 0) is 51.3 Å². The third-order valence-electron chi connectivity index (χ3n) is 3.76. The predicted molar refractivity (Wildman–Crippen MR) is 78.0 cm³/mol. The van der Waals surface area contributed by atoms with Crippen molar-refractivity contribution in [3.8, 4) is 0 Å². The molecule has 0 saturated carbocycles. The first-order valence-electron chi connectivity index (χ1n) is 7.50. The van der Waals surface area contributed by atoms with Gasteiger partial charge in [0.1, 0.15) is 0 Å². The molecule has 0 bridgehead atoms. The molecule has 1 aromatic heterocycles. The summed E-state index contributed by atoms with van der Waals surface area (Å²) in [4.78, 5) is 6.81. The van der Waals surface area contributed by atoms with E-state index in [1.807, 2.05) is 18.5 Å². The van der Waals surface area contributed by atoms with Crippen LogP contribution in [0.15, 0.2) is 24.5 Å². The van der Waals surface area contributed by atoms with Crippen molar-refractivity contribution in [1.29, 1.82) is 0 Å². The second kappa shape index (κ2) is 7.61. The van der Waals surface area contributed by atoms with Crippen LogP contribution >= 0.6 is 0 Å². The molecule has 3 heteroatoms. The molecule has 0 spiro atoms. The summed E-state index contributed by atoms with van der Waals surface area (Å²) >= 11 is 0. The van der Waals surface area contributed by atoms with E-state index in [1.165, 1.54) is 31.4 Å². The lowest BCUT2D eigenvalue weighted by atomic mass is 9.99. The van der Waals surface area contributed by atoms with Gasteiger partial charge < -0.3 is 4.74 Å². The average Bonchev–Trinajstić information content (AvgIpc) is 2.41. The molecule has 0 aromatic carbocycles. The summed E-state index contributed by atoms with van der Waals surface area (Å²) in [5.74, 6) is 0. The molecular weight excluding hydrogens is 236 g/mol. The van der Waals surface area contributed by atoms with Gasteiger partial charge in [-0.15, -0.1) is 0 Å². The molecule has 2 rings (SSSR count). The Bertz CT molecular complexity index is 353. The van der Waals surface area contributed by atoms with E-state index in [0.29, 0.717) is 12.1 Å². The van der Waals surface area contributed by atoms with Crippen LogP contribution in [0.25, 0.3) is 0 Å². The van der Waals surface area contributed by atoms with E-state index in [1.54, 1.807) is 0 Å². The minimum Gasteiger partial charge on any atom is -0.379 e. The van der Waals surface area contributed by atoms with Crippen LogP contribution in [-0.4, -0.2) is 35.2 Å². The molecule has 0 radical (unpaired) electrons. The van der Waals surface area contributed by atoms with Gasteiger partial charge >= 0.3 is 0 Å². The van der Waals surface area contributed by atoms with Crippen molar-refractivity contribution in [2.75, 3.05) is 13.2 Å². The fraction of sp³-hybridized carbons (Fsp3) is 0.688. The number of piperidine rings is 1. The standard InChI is InChI=1S/C16H26N2O/c1-14(2)19-11-8-16-7-3-4-10-18(16)13-15-6-5-9-17-12-15/h5-6,9,12,14,16H,3-4,7-8,10-11,13H2,1-2H3/t16-/m1/s1. The summed E-state index contributed by atoms with van der Waals surface area (Å²) < 4.78 is 5.70. The van der Waals surface area contributed by atoms with Gasteiger partial charge in [-0.25, -0.2) is 0 Å². The highest BCUT2D eigenvalue weighted by Crippen LogP contribution is 2.21. The Labute approximate surface area is 117 Å². The first-order valence-corrected chi connectivity index (χ1v) is 7.50. The fourth-order valence-corrected chi connectivity index (χ4v) is 2.76. The SMILES string of the molecule is CC(C)OCC[C@H]1CCCCN1Cc1cccnc1. The quantitative estimate of drug-likeness (QED) is 0.787. The maximum Gasteiger partial charge on any atom is 0.0518 e. The molecule has 2 heterocycles. The molecule has 1 aliphatic heterocycles. The molecule has 106 valence electrons. The smallest absolute Gasteiger partial charge is 0.0518 e. The van der Waals surface area contributed by atoms with Crippen LogP contribution in [0.4, 0.5) is 0 Å². The molecule has 0 N–H and O–H groups in total. The fourth-order valence-electron chi connectivity index (χ4n) is 2.76. The highest BCUT2D eigenvalue weighted by atomic mass is 16.5. The lowest BCUT2D eigenvalue weighted by Gasteiger charge is -2.35. The van der Waals surface area contributed by atoms with Crippen LogP contribution in [-0.2, 0) is 11.3 Å². The van der Waals surface area contributed by atoms with Crippen LogP contribution in [0.2, 0.25) is 0 Å². The number of pyridine rings is 1. The Hall–Kier alpha value is -0.930.